The average Bonchev–Trinajstić information content (AvgIpc) is 2.48. The molecular formula is C17H16N2OS. The van der Waals surface area contributed by atoms with Gasteiger partial charge in [-0.15, -0.1) is 11.8 Å². The largest absolute Gasteiger partial charge is 0.326 e. The van der Waals surface area contributed by atoms with E-state index in [1.165, 1.54) is 10.5 Å². The fourth-order valence-corrected chi connectivity index (χ4v) is 2.79. The standard InChI is InChI=1S/C17H16N2OS/c1-13-3-2-4-16(11-13)21-10-9-17(20)19-15-7-5-14(12-18)6-8-15/h2-8,11H,9-10H2,1H3,(H,19,20). The predicted molar refractivity (Wildman–Crippen MR) is 86.3 cm³/mol. The van der Waals surface area contributed by atoms with E-state index in [1.54, 1.807) is 36.0 Å². The summed E-state index contributed by atoms with van der Waals surface area (Å²) in [7, 11) is 0. The van der Waals surface area contributed by atoms with E-state index in [0.29, 0.717) is 12.0 Å². The van der Waals surface area contributed by atoms with Crippen molar-refractivity contribution in [1.29, 1.82) is 5.26 Å². The minimum Gasteiger partial charge on any atom is -0.326 e. The van der Waals surface area contributed by atoms with Crippen LogP contribution in [0.25, 0.3) is 0 Å². The fraction of sp³-hybridized carbons (Fsp3) is 0.176. The minimum atomic E-state index is -0.0140. The maximum atomic E-state index is 11.8. The normalized spacial score (nSPS) is 9.90. The lowest BCUT2D eigenvalue weighted by Crippen LogP contribution is -2.12. The highest BCUT2D eigenvalue weighted by Crippen LogP contribution is 2.20. The zero-order valence-electron chi connectivity index (χ0n) is 11.8. The predicted octanol–water partition coefficient (Wildman–Crippen LogP) is 3.99. The number of nitrogens with zero attached hydrogens (tertiary/aromatic N) is 1. The summed E-state index contributed by atoms with van der Waals surface area (Å²) in [6, 6.07) is 17.2. The van der Waals surface area contributed by atoms with E-state index in [-0.39, 0.29) is 5.91 Å². The van der Waals surface area contributed by atoms with E-state index in [2.05, 4.69) is 30.4 Å². The Hall–Kier alpha value is -2.25. The van der Waals surface area contributed by atoms with Gasteiger partial charge in [-0.05, 0) is 43.3 Å². The van der Waals surface area contributed by atoms with E-state index in [1.807, 2.05) is 12.1 Å². The maximum absolute atomic E-state index is 11.8. The van der Waals surface area contributed by atoms with E-state index >= 15 is 0 Å². The van der Waals surface area contributed by atoms with Gasteiger partial charge < -0.3 is 5.32 Å². The molecule has 1 amide bonds. The van der Waals surface area contributed by atoms with Gasteiger partial charge in [0.05, 0.1) is 11.6 Å². The van der Waals surface area contributed by atoms with Gasteiger partial charge in [0.1, 0.15) is 0 Å². The van der Waals surface area contributed by atoms with E-state index in [0.717, 1.165) is 11.4 Å². The summed E-state index contributed by atoms with van der Waals surface area (Å²) in [6.07, 6.45) is 0.457. The molecule has 0 saturated heterocycles. The molecule has 106 valence electrons. The number of benzene rings is 2. The van der Waals surface area contributed by atoms with Gasteiger partial charge >= 0.3 is 0 Å². The number of aryl methyl sites for hydroxylation is 1. The van der Waals surface area contributed by atoms with Crippen molar-refractivity contribution >= 4 is 23.4 Å². The first-order valence-electron chi connectivity index (χ1n) is 6.67. The van der Waals surface area contributed by atoms with Crippen molar-refractivity contribution in [2.24, 2.45) is 0 Å². The second-order valence-corrected chi connectivity index (χ2v) is 5.82. The quantitative estimate of drug-likeness (QED) is 0.849. The smallest absolute Gasteiger partial charge is 0.225 e. The monoisotopic (exact) mass is 296 g/mol. The summed E-state index contributed by atoms with van der Waals surface area (Å²) in [5.74, 6) is 0.728. The van der Waals surface area contributed by atoms with Gasteiger partial charge in [-0.3, -0.25) is 4.79 Å². The number of hydrogen-bond donors (Lipinski definition) is 1. The molecular weight excluding hydrogens is 280 g/mol. The van der Waals surface area contributed by atoms with Crippen molar-refractivity contribution in [3.8, 4) is 6.07 Å². The molecule has 0 aliphatic carbocycles. The van der Waals surface area contributed by atoms with Gasteiger partial charge in [-0.1, -0.05) is 17.7 Å². The first kappa shape index (κ1) is 15.1. The average molecular weight is 296 g/mol. The van der Waals surface area contributed by atoms with Crippen molar-refractivity contribution in [3.05, 3.63) is 59.7 Å². The second-order valence-electron chi connectivity index (χ2n) is 4.65. The summed E-state index contributed by atoms with van der Waals surface area (Å²) in [5, 5.41) is 11.5. The molecule has 0 unspecified atom stereocenters. The second kappa shape index (κ2) is 7.51. The molecule has 21 heavy (non-hydrogen) atoms. The van der Waals surface area contributed by atoms with E-state index < -0.39 is 0 Å². The molecule has 0 aliphatic heterocycles. The third-order valence-electron chi connectivity index (χ3n) is 2.89. The number of anilines is 1. The summed E-state index contributed by atoms with van der Waals surface area (Å²) < 4.78 is 0. The van der Waals surface area contributed by atoms with E-state index in [9.17, 15) is 4.79 Å². The number of rotatable bonds is 5. The molecule has 3 nitrogen and oxygen atoms in total. The Kier molecular flexibility index (Phi) is 5.42. The molecule has 0 saturated carbocycles. The Labute approximate surface area is 129 Å². The topological polar surface area (TPSA) is 52.9 Å². The SMILES string of the molecule is Cc1cccc(SCCC(=O)Nc2ccc(C#N)cc2)c1. The number of carbonyl (C=O) groups excluding carboxylic acids is 1. The Balaban J connectivity index is 1.78. The molecule has 2 aromatic carbocycles. The van der Waals surface area contributed by atoms with Gasteiger partial charge in [0.15, 0.2) is 0 Å². The third kappa shape index (κ3) is 4.97. The van der Waals surface area contributed by atoms with Gasteiger partial charge in [0, 0.05) is 22.8 Å². The lowest BCUT2D eigenvalue weighted by atomic mass is 10.2. The van der Waals surface area contributed by atoms with Gasteiger partial charge in [0.25, 0.3) is 0 Å². The van der Waals surface area contributed by atoms with Crippen molar-refractivity contribution in [2.45, 2.75) is 18.2 Å². The lowest BCUT2D eigenvalue weighted by molar-refractivity contribution is -0.115. The zero-order chi connectivity index (χ0) is 15.1. The van der Waals surface area contributed by atoms with Crippen LogP contribution in [0.15, 0.2) is 53.4 Å². The number of amides is 1. The molecule has 0 aromatic heterocycles. The maximum Gasteiger partial charge on any atom is 0.225 e. The van der Waals surface area contributed by atoms with Gasteiger partial charge in [-0.2, -0.15) is 5.26 Å². The molecule has 0 spiro atoms. The van der Waals surface area contributed by atoms with Gasteiger partial charge in [0.2, 0.25) is 5.91 Å². The number of hydrogen-bond acceptors (Lipinski definition) is 3. The summed E-state index contributed by atoms with van der Waals surface area (Å²) in [6.45, 7) is 2.06. The Morgan fingerprint density at radius 3 is 2.67 bits per heavy atom. The summed E-state index contributed by atoms with van der Waals surface area (Å²) in [4.78, 5) is 13.0. The van der Waals surface area contributed by atoms with Crippen LogP contribution in [0.1, 0.15) is 17.5 Å². The molecule has 2 rings (SSSR count). The lowest BCUT2D eigenvalue weighted by Gasteiger charge is -2.05. The highest BCUT2D eigenvalue weighted by molar-refractivity contribution is 7.99. The first-order valence-corrected chi connectivity index (χ1v) is 7.65. The molecule has 0 fully saturated rings. The molecule has 4 heteroatoms. The molecule has 0 radical (unpaired) electrons. The van der Waals surface area contributed by atoms with Crippen LogP contribution in [-0.4, -0.2) is 11.7 Å². The summed E-state index contributed by atoms with van der Waals surface area (Å²) >= 11 is 1.68. The van der Waals surface area contributed by atoms with Crippen LogP contribution >= 0.6 is 11.8 Å². The molecule has 0 atom stereocenters. The van der Waals surface area contributed by atoms with Crippen LogP contribution in [0.5, 0.6) is 0 Å². The zero-order valence-corrected chi connectivity index (χ0v) is 12.6. The molecule has 1 N–H and O–H groups in total. The van der Waals surface area contributed by atoms with Crippen LogP contribution in [0.4, 0.5) is 5.69 Å². The number of thioether (sulfide) groups is 1. The number of carbonyl (C=O) groups is 1. The van der Waals surface area contributed by atoms with E-state index in [4.69, 9.17) is 5.26 Å². The molecule has 0 heterocycles. The summed E-state index contributed by atoms with van der Waals surface area (Å²) in [5.41, 5.74) is 2.53. The minimum absolute atomic E-state index is 0.0140. The van der Waals surface area contributed by atoms with Crippen molar-refractivity contribution in [2.75, 3.05) is 11.1 Å². The van der Waals surface area contributed by atoms with Crippen LogP contribution < -0.4 is 5.32 Å². The Morgan fingerprint density at radius 2 is 2.00 bits per heavy atom. The molecule has 0 aliphatic rings. The Bertz CT molecular complexity index is 659. The third-order valence-corrected chi connectivity index (χ3v) is 3.88. The van der Waals surface area contributed by atoms with Crippen molar-refractivity contribution < 1.29 is 4.79 Å². The Morgan fingerprint density at radius 1 is 1.24 bits per heavy atom. The highest BCUT2D eigenvalue weighted by atomic mass is 32.2. The van der Waals surface area contributed by atoms with Crippen LogP contribution in [0.3, 0.4) is 0 Å². The molecule has 2 aromatic rings. The first-order chi connectivity index (χ1) is 10.2. The van der Waals surface area contributed by atoms with Crippen molar-refractivity contribution in [3.63, 3.8) is 0 Å². The fourth-order valence-electron chi connectivity index (χ4n) is 1.82. The van der Waals surface area contributed by atoms with Crippen LogP contribution in [0, 0.1) is 18.3 Å². The van der Waals surface area contributed by atoms with Crippen LogP contribution in [-0.2, 0) is 4.79 Å². The number of nitrogens with one attached hydrogen (secondary N) is 1. The van der Waals surface area contributed by atoms with Gasteiger partial charge in [-0.25, -0.2) is 0 Å². The molecule has 0 bridgehead atoms. The highest BCUT2D eigenvalue weighted by Gasteiger charge is 2.03. The van der Waals surface area contributed by atoms with Crippen molar-refractivity contribution in [1.82, 2.24) is 0 Å². The van der Waals surface area contributed by atoms with Crippen LogP contribution in [0.2, 0.25) is 0 Å². The number of nitriles is 1.